The molecule has 2 aliphatic rings. The minimum absolute atomic E-state index is 0.00321. The summed E-state index contributed by atoms with van der Waals surface area (Å²) in [5.74, 6) is 1.77. The Morgan fingerprint density at radius 1 is 1.14 bits per heavy atom. The number of rotatable bonds is 4. The van der Waals surface area contributed by atoms with Crippen LogP contribution in [0.15, 0.2) is 40.8 Å². The fourth-order valence-corrected chi connectivity index (χ4v) is 3.84. The van der Waals surface area contributed by atoms with E-state index < -0.39 is 0 Å². The molecule has 2 amide bonds. The predicted octanol–water partition coefficient (Wildman–Crippen LogP) is 3.66. The quantitative estimate of drug-likeness (QED) is 0.707. The zero-order valence-corrected chi connectivity index (χ0v) is 15.7. The molecule has 29 heavy (non-hydrogen) atoms. The summed E-state index contributed by atoms with van der Waals surface area (Å²) in [5, 5.41) is 6.56. The van der Waals surface area contributed by atoms with Crippen molar-refractivity contribution in [2.45, 2.75) is 25.7 Å². The minimum atomic E-state index is -0.290. The molecule has 7 heteroatoms. The highest BCUT2D eigenvalue weighted by Crippen LogP contribution is 2.34. The van der Waals surface area contributed by atoms with E-state index >= 15 is 0 Å². The Kier molecular flexibility index (Phi) is 4.35. The molecule has 0 saturated carbocycles. The lowest BCUT2D eigenvalue weighted by Crippen LogP contribution is -2.25. The summed E-state index contributed by atoms with van der Waals surface area (Å²) in [6, 6.07) is 10.7. The summed E-state index contributed by atoms with van der Waals surface area (Å²) in [4.78, 5) is 23.7. The van der Waals surface area contributed by atoms with Crippen LogP contribution >= 0.6 is 0 Å². The summed E-state index contributed by atoms with van der Waals surface area (Å²) in [5.41, 5.74) is 3.23. The van der Waals surface area contributed by atoms with Gasteiger partial charge >= 0.3 is 0 Å². The Morgan fingerprint density at radius 2 is 2.03 bits per heavy atom. The van der Waals surface area contributed by atoms with Gasteiger partial charge in [0.25, 0.3) is 11.8 Å². The van der Waals surface area contributed by atoms with Crippen molar-refractivity contribution in [1.82, 2.24) is 0 Å². The molecule has 1 aliphatic carbocycles. The van der Waals surface area contributed by atoms with Crippen molar-refractivity contribution in [3.05, 3.63) is 47.7 Å². The van der Waals surface area contributed by atoms with Crippen LogP contribution in [0.3, 0.4) is 0 Å². The number of anilines is 2. The molecular weight excluding hydrogens is 372 g/mol. The summed E-state index contributed by atoms with van der Waals surface area (Å²) in [6.45, 7) is -0.123. The molecule has 2 heterocycles. The Labute approximate surface area is 167 Å². The summed E-state index contributed by atoms with van der Waals surface area (Å²) >= 11 is 0. The molecule has 0 spiro atoms. The van der Waals surface area contributed by atoms with Gasteiger partial charge in [-0.15, -0.1) is 0 Å². The molecule has 0 bridgehead atoms. The number of hydrogen-bond acceptors (Lipinski definition) is 5. The maximum atomic E-state index is 12.3. The van der Waals surface area contributed by atoms with Gasteiger partial charge in [0, 0.05) is 23.1 Å². The lowest BCUT2D eigenvalue weighted by Gasteiger charge is -2.18. The van der Waals surface area contributed by atoms with Gasteiger partial charge in [-0.05, 0) is 55.7 Å². The minimum Gasteiger partial charge on any atom is -0.484 e. The van der Waals surface area contributed by atoms with Crippen molar-refractivity contribution in [2.75, 3.05) is 23.8 Å². The van der Waals surface area contributed by atoms with Crippen LogP contribution < -0.4 is 20.1 Å². The second-order valence-corrected chi connectivity index (χ2v) is 7.25. The number of furan rings is 1. The van der Waals surface area contributed by atoms with Crippen LogP contribution in [-0.4, -0.2) is 25.0 Å². The summed E-state index contributed by atoms with van der Waals surface area (Å²) in [6.07, 6.45) is 4.33. The van der Waals surface area contributed by atoms with Gasteiger partial charge < -0.3 is 24.5 Å². The Balaban J connectivity index is 1.25. The smallest absolute Gasteiger partial charge is 0.262 e. The molecule has 148 valence electrons. The van der Waals surface area contributed by atoms with E-state index in [2.05, 4.69) is 10.6 Å². The zero-order valence-electron chi connectivity index (χ0n) is 15.7. The van der Waals surface area contributed by atoms with Gasteiger partial charge in [-0.3, -0.25) is 9.59 Å². The van der Waals surface area contributed by atoms with Crippen LogP contribution in [-0.2, 0) is 22.4 Å². The highest BCUT2D eigenvalue weighted by molar-refractivity contribution is 5.98. The first-order valence-electron chi connectivity index (χ1n) is 9.69. The zero-order chi connectivity index (χ0) is 19.8. The van der Waals surface area contributed by atoms with Gasteiger partial charge in [0.15, 0.2) is 13.2 Å². The monoisotopic (exact) mass is 392 g/mol. The van der Waals surface area contributed by atoms with Crippen LogP contribution in [0.2, 0.25) is 0 Å². The van der Waals surface area contributed by atoms with E-state index in [-0.39, 0.29) is 25.0 Å². The third-order valence-electron chi connectivity index (χ3n) is 5.19. The van der Waals surface area contributed by atoms with Crippen LogP contribution in [0, 0.1) is 0 Å². The van der Waals surface area contributed by atoms with Gasteiger partial charge in [-0.1, -0.05) is 0 Å². The molecule has 0 unspecified atom stereocenters. The van der Waals surface area contributed by atoms with Crippen LogP contribution in [0.4, 0.5) is 11.4 Å². The lowest BCUT2D eigenvalue weighted by molar-refractivity contribution is -0.119. The van der Waals surface area contributed by atoms with Crippen LogP contribution in [0.25, 0.3) is 11.0 Å². The first kappa shape index (κ1) is 17.6. The SMILES string of the molecule is O=C(COc1ccc2oc3c(c2c1)CCCC3)Nc1ccc2c(c1)NC(=O)CO2. The number of aryl methyl sites for hydroxylation is 2. The normalized spacial score (nSPS) is 15.1. The number of ether oxygens (including phenoxy) is 2. The maximum absolute atomic E-state index is 12.3. The molecule has 2 aromatic carbocycles. The molecule has 1 aromatic heterocycles. The molecule has 1 aliphatic heterocycles. The van der Waals surface area contributed by atoms with Crippen molar-refractivity contribution >= 4 is 34.2 Å². The molecule has 0 fully saturated rings. The van der Waals surface area contributed by atoms with E-state index in [1.807, 2.05) is 18.2 Å². The fraction of sp³-hybridized carbons (Fsp3) is 0.273. The average molecular weight is 392 g/mol. The topological polar surface area (TPSA) is 89.8 Å². The van der Waals surface area contributed by atoms with E-state index in [9.17, 15) is 9.59 Å². The van der Waals surface area contributed by atoms with Gasteiger partial charge in [-0.2, -0.15) is 0 Å². The third kappa shape index (κ3) is 3.51. The number of amides is 2. The predicted molar refractivity (Wildman–Crippen MR) is 108 cm³/mol. The van der Waals surface area contributed by atoms with E-state index in [1.54, 1.807) is 18.2 Å². The number of benzene rings is 2. The Bertz CT molecular complexity index is 1120. The first-order valence-corrected chi connectivity index (χ1v) is 9.69. The largest absolute Gasteiger partial charge is 0.484 e. The van der Waals surface area contributed by atoms with Gasteiger partial charge in [0.2, 0.25) is 0 Å². The lowest BCUT2D eigenvalue weighted by atomic mass is 9.96. The average Bonchev–Trinajstić information content (AvgIpc) is 3.10. The van der Waals surface area contributed by atoms with Gasteiger partial charge in [0.05, 0.1) is 5.69 Å². The number of nitrogens with one attached hydrogen (secondary N) is 2. The number of hydrogen-bond donors (Lipinski definition) is 2. The highest BCUT2D eigenvalue weighted by Gasteiger charge is 2.19. The maximum Gasteiger partial charge on any atom is 0.262 e. The second kappa shape index (κ2) is 7.16. The number of carbonyl (C=O) groups excluding carboxylic acids is 2. The van der Waals surface area contributed by atoms with Crippen LogP contribution in [0.5, 0.6) is 11.5 Å². The molecule has 5 rings (SSSR count). The van der Waals surface area contributed by atoms with Crippen molar-refractivity contribution in [2.24, 2.45) is 0 Å². The van der Waals surface area contributed by atoms with E-state index in [1.165, 1.54) is 12.0 Å². The fourth-order valence-electron chi connectivity index (χ4n) is 3.84. The summed E-state index contributed by atoms with van der Waals surface area (Å²) < 4.78 is 16.9. The highest BCUT2D eigenvalue weighted by atomic mass is 16.5. The molecule has 3 aromatic rings. The van der Waals surface area contributed by atoms with Crippen LogP contribution in [0.1, 0.15) is 24.2 Å². The van der Waals surface area contributed by atoms with E-state index in [0.29, 0.717) is 22.9 Å². The number of fused-ring (bicyclic) bond motifs is 4. The van der Waals surface area contributed by atoms with Gasteiger partial charge in [-0.25, -0.2) is 0 Å². The summed E-state index contributed by atoms with van der Waals surface area (Å²) in [7, 11) is 0. The van der Waals surface area contributed by atoms with Gasteiger partial charge in [0.1, 0.15) is 22.8 Å². The molecule has 0 radical (unpaired) electrons. The Morgan fingerprint density at radius 3 is 2.97 bits per heavy atom. The van der Waals surface area contributed by atoms with Crippen molar-refractivity contribution in [3.8, 4) is 11.5 Å². The second-order valence-electron chi connectivity index (χ2n) is 7.25. The van der Waals surface area contributed by atoms with Crippen molar-refractivity contribution in [1.29, 1.82) is 0 Å². The van der Waals surface area contributed by atoms with E-state index in [0.717, 1.165) is 36.0 Å². The van der Waals surface area contributed by atoms with E-state index in [4.69, 9.17) is 13.9 Å². The first-order chi connectivity index (χ1) is 14.2. The molecular formula is C22H20N2O5. The molecule has 0 saturated heterocycles. The third-order valence-corrected chi connectivity index (χ3v) is 5.19. The standard InChI is InChI=1S/C22H20N2O5/c25-21(23-13-5-7-20-17(9-13)24-22(26)12-28-20)11-27-14-6-8-19-16(10-14)15-3-1-2-4-18(15)29-19/h5-10H,1-4,11-12H2,(H,23,25)(H,24,26). The van der Waals surface area contributed by atoms with Crippen molar-refractivity contribution in [3.63, 3.8) is 0 Å². The van der Waals surface area contributed by atoms with Crippen molar-refractivity contribution < 1.29 is 23.5 Å². The Hall–Kier alpha value is -3.48. The molecule has 0 atom stereocenters. The number of carbonyl (C=O) groups is 2. The molecule has 7 nitrogen and oxygen atoms in total. The molecule has 2 N–H and O–H groups in total.